The highest BCUT2D eigenvalue weighted by Gasteiger charge is 2.36. The van der Waals surface area contributed by atoms with Gasteiger partial charge in [0.25, 0.3) is 5.91 Å². The second-order valence-electron chi connectivity index (χ2n) is 6.77. The summed E-state index contributed by atoms with van der Waals surface area (Å²) in [6, 6.07) is 14.9. The zero-order valence-electron chi connectivity index (χ0n) is 15.4. The lowest BCUT2D eigenvalue weighted by Crippen LogP contribution is -2.28. The summed E-state index contributed by atoms with van der Waals surface area (Å²) >= 11 is 0. The van der Waals surface area contributed by atoms with E-state index in [1.165, 1.54) is 0 Å². The molecule has 0 unspecified atom stereocenters. The first kappa shape index (κ1) is 18.6. The summed E-state index contributed by atoms with van der Waals surface area (Å²) in [6.45, 7) is 3.78. The third-order valence-electron chi connectivity index (χ3n) is 4.38. The number of rotatable bonds is 5. The number of ether oxygens (including phenoxy) is 1. The van der Waals surface area contributed by atoms with E-state index in [2.05, 4.69) is 5.32 Å². The molecule has 2 amide bonds. The van der Waals surface area contributed by atoms with Crippen molar-refractivity contribution in [3.8, 4) is 0 Å². The standard InChI is InChI=1S/C21H22N2O4/c1-14-8-15(2)10-17(9-14)22-19(24)13-27-21(26)16-11-20(25)23(12-16)18-6-4-3-5-7-18/h3-10,16H,11-13H2,1-2H3,(H,22,24)/t16-/m0/s1. The zero-order valence-corrected chi connectivity index (χ0v) is 15.4. The van der Waals surface area contributed by atoms with Crippen LogP contribution in [0.1, 0.15) is 17.5 Å². The minimum atomic E-state index is -0.563. The van der Waals surface area contributed by atoms with E-state index in [0.29, 0.717) is 5.69 Å². The summed E-state index contributed by atoms with van der Waals surface area (Å²) in [4.78, 5) is 38.0. The van der Waals surface area contributed by atoms with Gasteiger partial charge in [0.2, 0.25) is 5.91 Å². The number of hydrogen-bond donors (Lipinski definition) is 1. The highest BCUT2D eigenvalue weighted by Crippen LogP contribution is 2.25. The van der Waals surface area contributed by atoms with E-state index in [9.17, 15) is 14.4 Å². The van der Waals surface area contributed by atoms with Gasteiger partial charge >= 0.3 is 5.97 Å². The Morgan fingerprint density at radius 2 is 1.78 bits per heavy atom. The summed E-state index contributed by atoms with van der Waals surface area (Å²) < 4.78 is 5.12. The molecule has 3 rings (SSSR count). The average molecular weight is 366 g/mol. The molecular weight excluding hydrogens is 344 g/mol. The van der Waals surface area contributed by atoms with E-state index in [1.807, 2.05) is 62.4 Å². The predicted octanol–water partition coefficient (Wildman–Crippen LogP) is 2.84. The number of nitrogens with one attached hydrogen (secondary N) is 1. The molecule has 1 atom stereocenters. The van der Waals surface area contributed by atoms with Crippen LogP contribution in [0.4, 0.5) is 11.4 Å². The van der Waals surface area contributed by atoms with E-state index < -0.39 is 17.8 Å². The summed E-state index contributed by atoms with van der Waals surface area (Å²) in [5, 5.41) is 2.72. The van der Waals surface area contributed by atoms with Gasteiger partial charge in [-0.05, 0) is 49.2 Å². The van der Waals surface area contributed by atoms with E-state index in [4.69, 9.17) is 4.74 Å². The first-order valence-electron chi connectivity index (χ1n) is 8.82. The highest BCUT2D eigenvalue weighted by atomic mass is 16.5. The Bertz CT molecular complexity index is 843. The molecule has 1 N–H and O–H groups in total. The van der Waals surface area contributed by atoms with Gasteiger partial charge in [-0.1, -0.05) is 24.3 Å². The number of carbonyl (C=O) groups is 3. The SMILES string of the molecule is Cc1cc(C)cc(NC(=O)COC(=O)[C@H]2CC(=O)N(c3ccccc3)C2)c1. The van der Waals surface area contributed by atoms with Gasteiger partial charge in [-0.3, -0.25) is 14.4 Å². The summed E-state index contributed by atoms with van der Waals surface area (Å²) in [5.41, 5.74) is 3.49. The number of para-hydroxylation sites is 1. The second kappa shape index (κ2) is 8.03. The summed E-state index contributed by atoms with van der Waals surface area (Å²) in [7, 11) is 0. The quantitative estimate of drug-likeness (QED) is 0.826. The number of aryl methyl sites for hydroxylation is 2. The minimum absolute atomic E-state index is 0.0897. The number of esters is 1. The molecule has 140 valence electrons. The molecule has 1 fully saturated rings. The third kappa shape index (κ3) is 4.73. The Morgan fingerprint density at radius 3 is 2.44 bits per heavy atom. The van der Waals surface area contributed by atoms with Crippen molar-refractivity contribution in [1.29, 1.82) is 0 Å². The molecule has 2 aromatic rings. The maximum atomic E-state index is 12.3. The van der Waals surface area contributed by atoms with Crippen molar-refractivity contribution in [3.63, 3.8) is 0 Å². The molecule has 0 bridgehead atoms. The van der Waals surface area contributed by atoms with Crippen molar-refractivity contribution >= 4 is 29.2 Å². The maximum Gasteiger partial charge on any atom is 0.311 e. The third-order valence-corrected chi connectivity index (χ3v) is 4.38. The fourth-order valence-electron chi connectivity index (χ4n) is 3.22. The lowest BCUT2D eigenvalue weighted by molar-refractivity contribution is -0.151. The molecule has 1 aliphatic rings. The first-order chi connectivity index (χ1) is 12.9. The van der Waals surface area contributed by atoms with Gasteiger partial charge in [0.1, 0.15) is 0 Å². The van der Waals surface area contributed by atoms with Crippen LogP contribution in [0.3, 0.4) is 0 Å². The number of anilines is 2. The van der Waals surface area contributed by atoms with E-state index in [-0.39, 0.29) is 25.5 Å². The zero-order chi connectivity index (χ0) is 19.4. The lowest BCUT2D eigenvalue weighted by Gasteiger charge is -2.16. The van der Waals surface area contributed by atoms with Crippen LogP contribution in [0.25, 0.3) is 0 Å². The molecule has 27 heavy (non-hydrogen) atoms. The van der Waals surface area contributed by atoms with Crippen LogP contribution >= 0.6 is 0 Å². The molecule has 0 aromatic heterocycles. The molecule has 1 aliphatic heterocycles. The van der Waals surface area contributed by atoms with Gasteiger partial charge in [-0.25, -0.2) is 0 Å². The lowest BCUT2D eigenvalue weighted by atomic mass is 10.1. The Kier molecular flexibility index (Phi) is 5.54. The first-order valence-corrected chi connectivity index (χ1v) is 8.82. The number of hydrogen-bond acceptors (Lipinski definition) is 4. The van der Waals surface area contributed by atoms with Gasteiger partial charge in [-0.2, -0.15) is 0 Å². The predicted molar refractivity (Wildman–Crippen MR) is 102 cm³/mol. The van der Waals surface area contributed by atoms with E-state index in [1.54, 1.807) is 4.90 Å². The fourth-order valence-corrected chi connectivity index (χ4v) is 3.22. The molecule has 6 nitrogen and oxygen atoms in total. The van der Waals surface area contributed by atoms with Crippen LogP contribution in [0.2, 0.25) is 0 Å². The van der Waals surface area contributed by atoms with Crippen LogP contribution in [0.5, 0.6) is 0 Å². The van der Waals surface area contributed by atoms with Crippen LogP contribution < -0.4 is 10.2 Å². The number of amides is 2. The number of nitrogens with zero attached hydrogens (tertiary/aromatic N) is 1. The Morgan fingerprint density at radius 1 is 1.11 bits per heavy atom. The van der Waals surface area contributed by atoms with Gasteiger partial charge in [0, 0.05) is 24.3 Å². The fraction of sp³-hybridized carbons (Fsp3) is 0.286. The van der Waals surface area contributed by atoms with Gasteiger partial charge in [0.05, 0.1) is 5.92 Å². The van der Waals surface area contributed by atoms with Crippen LogP contribution in [-0.2, 0) is 19.1 Å². The van der Waals surface area contributed by atoms with Crippen LogP contribution in [0, 0.1) is 19.8 Å². The Hall–Kier alpha value is -3.15. The van der Waals surface area contributed by atoms with Crippen molar-refractivity contribution in [2.24, 2.45) is 5.92 Å². The van der Waals surface area contributed by atoms with Crippen molar-refractivity contribution < 1.29 is 19.1 Å². The minimum Gasteiger partial charge on any atom is -0.455 e. The molecule has 0 aliphatic carbocycles. The van der Waals surface area contributed by atoms with Crippen molar-refractivity contribution in [2.75, 3.05) is 23.4 Å². The topological polar surface area (TPSA) is 75.7 Å². The van der Waals surface area contributed by atoms with E-state index >= 15 is 0 Å². The molecule has 0 saturated carbocycles. The van der Waals surface area contributed by atoms with Crippen molar-refractivity contribution in [1.82, 2.24) is 0 Å². The summed E-state index contributed by atoms with van der Waals surface area (Å²) in [6.07, 6.45) is 0.0897. The number of benzene rings is 2. The highest BCUT2D eigenvalue weighted by molar-refractivity contribution is 6.00. The van der Waals surface area contributed by atoms with Gasteiger partial charge in [0.15, 0.2) is 6.61 Å². The van der Waals surface area contributed by atoms with Crippen LogP contribution in [-0.4, -0.2) is 30.9 Å². The monoisotopic (exact) mass is 366 g/mol. The summed E-state index contributed by atoms with van der Waals surface area (Å²) in [5.74, 6) is -1.62. The second-order valence-corrected chi connectivity index (χ2v) is 6.77. The molecule has 1 heterocycles. The molecular formula is C21H22N2O4. The maximum absolute atomic E-state index is 12.3. The molecule has 0 radical (unpaired) electrons. The van der Waals surface area contributed by atoms with Gasteiger partial charge in [-0.15, -0.1) is 0 Å². The molecule has 1 saturated heterocycles. The normalized spacial score (nSPS) is 16.3. The molecule has 0 spiro atoms. The number of carbonyl (C=O) groups excluding carboxylic acids is 3. The van der Waals surface area contributed by atoms with Crippen molar-refractivity contribution in [2.45, 2.75) is 20.3 Å². The van der Waals surface area contributed by atoms with Crippen molar-refractivity contribution in [3.05, 3.63) is 59.7 Å². The largest absolute Gasteiger partial charge is 0.455 e. The molecule has 2 aromatic carbocycles. The Labute approximate surface area is 158 Å². The molecule has 6 heteroatoms. The Balaban J connectivity index is 1.52. The smallest absolute Gasteiger partial charge is 0.311 e. The average Bonchev–Trinajstić information content (AvgIpc) is 3.01. The van der Waals surface area contributed by atoms with Gasteiger partial charge < -0.3 is 15.0 Å². The van der Waals surface area contributed by atoms with E-state index in [0.717, 1.165) is 16.8 Å². The van der Waals surface area contributed by atoms with Crippen LogP contribution in [0.15, 0.2) is 48.5 Å².